The van der Waals surface area contributed by atoms with Gasteiger partial charge in [0.05, 0.1) is 86.7 Å². The average molecular weight is 2220 g/mol. The van der Waals surface area contributed by atoms with Gasteiger partial charge in [0.15, 0.2) is 12.1 Å². The van der Waals surface area contributed by atoms with Gasteiger partial charge in [-0.3, -0.25) is 9.69 Å². The number of rotatable bonds is 12. The van der Waals surface area contributed by atoms with Crippen LogP contribution in [0.2, 0.25) is 0 Å². The van der Waals surface area contributed by atoms with Gasteiger partial charge in [-0.15, -0.1) is 0 Å². The summed E-state index contributed by atoms with van der Waals surface area (Å²) in [6, 6.07) is 101. The average Bonchev–Trinajstić information content (AvgIpc) is 0.800. The molecule has 0 aliphatic carbocycles. The predicted molar refractivity (Wildman–Crippen MR) is 536 cm³/mol. The standard InChI is InChI=1S/C16H6N6.C14H6Br2N4.C14H10N4.3C12H11P.C8H8I2.C8H10.C3H2N2.CN.2ClH.Na.Pd/c1-21-15(9-19)13-7-12(4-6-18)14(16(10-20)22-2)8-11(13)3-5-17;1-19-13(7-17)11-3-10(6-16)12(4-9(11)5-15)14(8-18)20-2;1-9-5-12(14(8-16)18-4)10(2)6-11(9)13(7-15)17-3;3*1-3-7-11(8-4-1)13-12-9-5-2-6-10-12;1-5-3-8(10)6(2)4-7(5)9;1-7-3-5-8(2)6-4-7;1-5-3-2-4;1-2;;;;/h7-8H,3-4H2;3-4H,5-6H2;5-6,13-14H,1-2H3;3*1-10,13H;3-4H,1-2H3;3-6H,1-2H3;3H2;;2*1H;;/q;;;;;;;;;-1;;;+1;+2/p-2/b15-13-,16-14+;13-11-,14-12+;;;;;;;;;;;;. The number of halogens is 6. The monoisotopic (exact) mass is 2220 g/mol. The SMILES string of the molecule is Cc1cc(I)c(C)cc1I.Cc1ccc(C)cc1.[C-]#N.[C-]#[N+]/C(C#N)=c1/cc(CBr)/c(=C(\C#N)[N+]#[C-])cc1CBr.[C-]#[N+]/C(C#N)=c1/cc(CC#N)/c(=C(\C#N)[N+]#[C-])cc1CC#N.[C-]#[N+]C(C#N)c1cc(C)c(C(C#N)[N+]#[C-])cc1C.[C-]#[N+]CC#N.[Cl][Pd][Cl].[Na+].c1ccc(Pc2ccccc2)cc1.c1ccc(Pc2ccccc2)cc1.c1ccc(Pc2ccccc2)cc1. The maximum absolute atomic E-state index is 9.01. The molecule has 0 N–H and O–H groups in total. The van der Waals surface area contributed by atoms with E-state index in [1.54, 1.807) is 56.3 Å². The van der Waals surface area contributed by atoms with Crippen LogP contribution in [-0.2, 0) is 39.4 Å². The summed E-state index contributed by atoms with van der Waals surface area (Å²) in [6.45, 7) is 64.9. The Kier molecular flexibility index (Phi) is 64.7. The van der Waals surface area contributed by atoms with Gasteiger partial charge in [-0.1, -0.05) is 299 Å². The molecule has 11 aromatic carbocycles. The molecule has 2 atom stereocenters. The van der Waals surface area contributed by atoms with Gasteiger partial charge in [0, 0.05) is 17.8 Å². The van der Waals surface area contributed by atoms with Crippen molar-refractivity contribution >= 4 is 176 Å². The number of hydrogen-bond acceptors (Lipinski definition) is 10. The van der Waals surface area contributed by atoms with Crippen molar-refractivity contribution in [2.24, 2.45) is 0 Å². The van der Waals surface area contributed by atoms with Gasteiger partial charge in [0.25, 0.3) is 29.3 Å². The first-order chi connectivity index (χ1) is 61.5. The van der Waals surface area contributed by atoms with Crippen molar-refractivity contribution in [2.45, 2.75) is 77.1 Å². The smallest absolute Gasteiger partial charge is 0.0622 e. The summed E-state index contributed by atoms with van der Waals surface area (Å²) in [6.07, 6.45) is -0.154. The Bertz CT molecular complexity index is 5800. The number of nitrogens with zero attached hydrogens (tertiary/aromatic N) is 17. The Morgan fingerprint density at radius 3 is 0.758 bits per heavy atom. The van der Waals surface area contributed by atoms with E-state index in [0.29, 0.717) is 54.5 Å². The molecule has 17 nitrogen and oxygen atoms in total. The van der Waals surface area contributed by atoms with Crippen molar-refractivity contribution in [3.05, 3.63) is 436 Å². The van der Waals surface area contributed by atoms with Crippen LogP contribution in [0.25, 0.3) is 56.7 Å². The molecule has 0 aliphatic heterocycles. The van der Waals surface area contributed by atoms with Gasteiger partial charge in [0.1, 0.15) is 6.07 Å². The van der Waals surface area contributed by atoms with Crippen LogP contribution >= 0.6 is 122 Å². The van der Waals surface area contributed by atoms with Crippen LogP contribution in [-0.4, -0.2) is 6.54 Å². The molecular weight excluding hydrogens is 2150 g/mol. The van der Waals surface area contributed by atoms with E-state index in [1.165, 1.54) is 73.4 Å². The first kappa shape index (κ1) is 116. The first-order valence-corrected chi connectivity index (χ1v) is 48.1. The molecule has 0 saturated heterocycles. The Morgan fingerprint density at radius 1 is 0.359 bits per heavy atom. The van der Waals surface area contributed by atoms with Crippen LogP contribution in [0.3, 0.4) is 0 Å². The molecular formula is C100H75Br2Cl2I2N17NaP3Pd. The zero-order chi connectivity index (χ0) is 94.7. The number of hydrogen-bond donors (Lipinski definition) is 0. The van der Waals surface area contributed by atoms with E-state index in [0.717, 1.165) is 36.9 Å². The minimum atomic E-state index is -0.828. The first-order valence-electron chi connectivity index (χ1n) is 36.7. The molecule has 0 saturated carbocycles. The van der Waals surface area contributed by atoms with E-state index in [1.807, 2.05) is 36.4 Å². The maximum atomic E-state index is 9.01. The molecule has 628 valence electrons. The van der Waals surface area contributed by atoms with E-state index >= 15 is 0 Å². The summed E-state index contributed by atoms with van der Waals surface area (Å²) in [5.74, 6) is 0. The summed E-state index contributed by atoms with van der Waals surface area (Å²) in [4.78, 5) is 21.9. The Hall–Kier alpha value is -11.8. The summed E-state index contributed by atoms with van der Waals surface area (Å²) < 4.78 is 2.71. The third-order valence-corrected chi connectivity index (χ3v) is 23.7. The molecule has 0 amide bonds. The van der Waals surface area contributed by atoms with Crippen molar-refractivity contribution in [2.75, 3.05) is 6.54 Å². The number of benzene rings is 11. The molecule has 0 aromatic heterocycles. The molecule has 2 unspecified atom stereocenters. The number of alkyl halides is 2. The van der Waals surface area contributed by atoms with E-state index in [9.17, 15) is 0 Å². The van der Waals surface area contributed by atoms with Crippen molar-refractivity contribution in [1.29, 1.82) is 52.6 Å². The number of aryl methyl sites for hydroxylation is 6. The Balaban J connectivity index is 0.00000143. The van der Waals surface area contributed by atoms with Crippen LogP contribution < -0.4 is 82.3 Å². The fraction of sp³-hybridized carbons (Fsp3) is 0.130. The summed E-state index contributed by atoms with van der Waals surface area (Å²) in [5, 5.41) is 96.2. The summed E-state index contributed by atoms with van der Waals surface area (Å²) in [7, 11) is 12.0. The third-order valence-electron chi connectivity index (χ3n) is 16.4. The fourth-order valence-electron chi connectivity index (χ4n) is 10.4. The van der Waals surface area contributed by atoms with Crippen molar-refractivity contribution < 1.29 is 45.5 Å². The van der Waals surface area contributed by atoms with E-state index < -0.39 is 12.1 Å². The zero-order valence-electron chi connectivity index (χ0n) is 70.1. The van der Waals surface area contributed by atoms with Crippen LogP contribution in [0.15, 0.2) is 255 Å². The van der Waals surface area contributed by atoms with Crippen molar-refractivity contribution in [3.8, 4) is 54.6 Å². The van der Waals surface area contributed by atoms with Crippen LogP contribution in [0, 0.1) is 209 Å². The van der Waals surface area contributed by atoms with Crippen LogP contribution in [0.4, 0.5) is 0 Å². The molecule has 0 radical (unpaired) electrons. The molecule has 11 aromatic rings. The fourth-order valence-corrected chi connectivity index (χ4v) is 15.7. The molecule has 0 fully saturated rings. The summed E-state index contributed by atoms with van der Waals surface area (Å²) in [5.41, 5.74) is 9.99. The van der Waals surface area contributed by atoms with Gasteiger partial charge in [-0.25, -0.2) is 60.1 Å². The van der Waals surface area contributed by atoms with E-state index in [4.69, 9.17) is 124 Å². The number of nitriles is 9. The summed E-state index contributed by atoms with van der Waals surface area (Å²) >= 11 is 11.2. The largest absolute Gasteiger partial charge is 1.00 e. The van der Waals surface area contributed by atoms with Gasteiger partial charge < -0.3 is 16.7 Å². The quantitative estimate of drug-likeness (QED) is 0.0279. The van der Waals surface area contributed by atoms with E-state index in [2.05, 4.69) is 357 Å². The molecule has 28 heteroatoms. The topological polar surface area (TPSA) is 268 Å². The maximum Gasteiger partial charge on any atom is 1.00 e. The van der Waals surface area contributed by atoms with Crippen LogP contribution in [0.1, 0.15) is 78.8 Å². The minimum Gasteiger partial charge on any atom is -0.0622 e. The zero-order valence-corrected chi connectivity index (χ0v) is 85.7. The Morgan fingerprint density at radius 2 is 0.586 bits per heavy atom. The predicted octanol–water partition coefficient (Wildman–Crippen LogP) is 18.4. The van der Waals surface area contributed by atoms with Gasteiger partial charge >= 0.3 is 76.6 Å². The Labute approximate surface area is 839 Å². The molecule has 128 heavy (non-hydrogen) atoms. The third kappa shape index (κ3) is 44.1. The van der Waals surface area contributed by atoms with E-state index in [-0.39, 0.29) is 98.1 Å². The molecule has 11 rings (SSSR count). The molecule has 0 spiro atoms. The molecule has 0 aliphatic rings. The minimum absolute atomic E-state index is 0. The normalized spacial score (nSPS) is 10.3. The molecule has 0 bridgehead atoms. The van der Waals surface area contributed by atoms with Crippen LogP contribution in [0.5, 0.6) is 0 Å². The van der Waals surface area contributed by atoms with Crippen molar-refractivity contribution in [1.82, 2.24) is 0 Å². The van der Waals surface area contributed by atoms with Gasteiger partial charge in [0.2, 0.25) is 0 Å². The second kappa shape index (κ2) is 71.2. The van der Waals surface area contributed by atoms with Crippen molar-refractivity contribution in [3.63, 3.8) is 0 Å². The van der Waals surface area contributed by atoms with Gasteiger partial charge in [-0.05, 0) is 208 Å². The molecule has 0 heterocycles. The van der Waals surface area contributed by atoms with Gasteiger partial charge in [-0.2, -0.15) is 26.3 Å². The second-order valence-corrected chi connectivity index (χ2v) is 35.1. The second-order valence-electron chi connectivity index (χ2n) is 25.0.